The Morgan fingerprint density at radius 3 is 2.43 bits per heavy atom. The molecular formula is C20H32O3. The molecule has 0 unspecified atom stereocenters. The van der Waals surface area contributed by atoms with Crippen LogP contribution in [0.1, 0.15) is 53.4 Å². The molecule has 1 saturated carbocycles. The second-order valence-electron chi connectivity index (χ2n) is 8.11. The highest BCUT2D eigenvalue weighted by atomic mass is 16.3. The summed E-state index contributed by atoms with van der Waals surface area (Å²) in [5.74, 6) is 0.306. The van der Waals surface area contributed by atoms with Gasteiger partial charge in [-0.2, -0.15) is 0 Å². The topological polar surface area (TPSA) is 60.7 Å². The maximum Gasteiger partial charge on any atom is 0.0761 e. The Labute approximate surface area is 140 Å². The Morgan fingerprint density at radius 1 is 1.13 bits per heavy atom. The van der Waals surface area contributed by atoms with Gasteiger partial charge in [0.25, 0.3) is 0 Å². The van der Waals surface area contributed by atoms with Crippen LogP contribution in [0.4, 0.5) is 0 Å². The molecule has 3 nitrogen and oxygen atoms in total. The van der Waals surface area contributed by atoms with Crippen LogP contribution in [0.25, 0.3) is 0 Å². The molecule has 0 aromatic carbocycles. The van der Waals surface area contributed by atoms with Crippen LogP contribution in [0.2, 0.25) is 0 Å². The maximum absolute atomic E-state index is 10.7. The molecule has 0 heterocycles. The summed E-state index contributed by atoms with van der Waals surface area (Å²) >= 11 is 0. The molecule has 1 fully saturated rings. The molecular weight excluding hydrogens is 288 g/mol. The first-order chi connectivity index (χ1) is 10.6. The van der Waals surface area contributed by atoms with Crippen molar-refractivity contribution < 1.29 is 15.3 Å². The van der Waals surface area contributed by atoms with Crippen LogP contribution in [0, 0.1) is 17.3 Å². The summed E-state index contributed by atoms with van der Waals surface area (Å²) in [4.78, 5) is 0. The van der Waals surface area contributed by atoms with Gasteiger partial charge in [0.1, 0.15) is 0 Å². The zero-order valence-electron chi connectivity index (χ0n) is 14.9. The van der Waals surface area contributed by atoms with Crippen LogP contribution in [0.3, 0.4) is 0 Å². The quantitative estimate of drug-likeness (QED) is 0.600. The van der Waals surface area contributed by atoms with Gasteiger partial charge in [0.05, 0.1) is 18.3 Å². The van der Waals surface area contributed by atoms with Crippen LogP contribution in [0.15, 0.2) is 35.5 Å². The fourth-order valence-electron chi connectivity index (χ4n) is 4.44. The Balaban J connectivity index is 2.44. The van der Waals surface area contributed by atoms with Gasteiger partial charge in [-0.25, -0.2) is 0 Å². The fourth-order valence-corrected chi connectivity index (χ4v) is 4.44. The zero-order valence-corrected chi connectivity index (χ0v) is 14.9. The van der Waals surface area contributed by atoms with Gasteiger partial charge in [-0.05, 0) is 62.4 Å². The lowest BCUT2D eigenvalue weighted by atomic mass is 9.57. The molecule has 0 amide bonds. The van der Waals surface area contributed by atoms with Gasteiger partial charge >= 0.3 is 0 Å². The minimum atomic E-state index is -0.622. The lowest BCUT2D eigenvalue weighted by Gasteiger charge is -2.48. The van der Waals surface area contributed by atoms with E-state index in [1.54, 1.807) is 6.08 Å². The number of allylic oxidation sites excluding steroid dienone is 1. The summed E-state index contributed by atoms with van der Waals surface area (Å²) in [6.07, 6.45) is 4.84. The van der Waals surface area contributed by atoms with Crippen molar-refractivity contribution in [2.75, 3.05) is 0 Å². The molecule has 2 aliphatic rings. The Kier molecular flexibility index (Phi) is 5.55. The van der Waals surface area contributed by atoms with E-state index in [0.29, 0.717) is 12.8 Å². The third-order valence-electron chi connectivity index (χ3n) is 5.96. The minimum absolute atomic E-state index is 0.120. The first kappa shape index (κ1) is 18.4. The number of rotatable bonds is 0. The van der Waals surface area contributed by atoms with Crippen molar-refractivity contribution in [1.29, 1.82) is 0 Å². The molecule has 0 aliphatic heterocycles. The largest absolute Gasteiger partial charge is 0.389 e. The first-order valence-electron chi connectivity index (χ1n) is 8.70. The van der Waals surface area contributed by atoms with Gasteiger partial charge in [0.2, 0.25) is 0 Å². The first-order valence-corrected chi connectivity index (χ1v) is 8.70. The maximum atomic E-state index is 10.7. The highest BCUT2D eigenvalue weighted by Gasteiger charge is 2.45. The lowest BCUT2D eigenvalue weighted by molar-refractivity contribution is -0.00181. The van der Waals surface area contributed by atoms with Crippen molar-refractivity contribution in [2.45, 2.75) is 71.7 Å². The molecule has 23 heavy (non-hydrogen) atoms. The van der Waals surface area contributed by atoms with E-state index >= 15 is 0 Å². The van der Waals surface area contributed by atoms with E-state index in [4.69, 9.17) is 0 Å². The smallest absolute Gasteiger partial charge is 0.0761 e. The highest BCUT2D eigenvalue weighted by molar-refractivity contribution is 5.19. The van der Waals surface area contributed by atoms with Crippen molar-refractivity contribution in [1.82, 2.24) is 0 Å². The normalized spacial score (nSPS) is 43.4. The van der Waals surface area contributed by atoms with E-state index in [-0.39, 0.29) is 17.3 Å². The van der Waals surface area contributed by atoms with Gasteiger partial charge in [0.15, 0.2) is 0 Å². The molecule has 2 aliphatic carbocycles. The number of aliphatic hydroxyl groups is 3. The number of hydrogen-bond donors (Lipinski definition) is 3. The standard InChI is InChI=1S/C20H32O3/c1-12-8-15(21)10-14(3)18(22)11-17-13(2)6-7-16(19(23)9-12)20(17,4)5/h9-10,15-19,21-23H,2,6-8,11H2,1,3-5H3/b12-9+,14-10+/t15-,16+,17+,18-,19+/m1/s1. The summed E-state index contributed by atoms with van der Waals surface area (Å²) in [5, 5.41) is 31.5. The molecule has 0 radical (unpaired) electrons. The number of fused-ring (bicyclic) bond motifs is 2. The molecule has 3 N–H and O–H groups in total. The molecule has 5 atom stereocenters. The third-order valence-corrected chi connectivity index (χ3v) is 5.96. The van der Waals surface area contributed by atoms with E-state index in [2.05, 4.69) is 20.4 Å². The van der Waals surface area contributed by atoms with Crippen LogP contribution in [-0.4, -0.2) is 33.6 Å². The Hall–Kier alpha value is -0.900. The van der Waals surface area contributed by atoms with Gasteiger partial charge in [0, 0.05) is 0 Å². The average Bonchev–Trinajstić information content (AvgIpc) is 2.41. The molecule has 0 aromatic rings. The zero-order chi connectivity index (χ0) is 17.4. The van der Waals surface area contributed by atoms with Crippen molar-refractivity contribution in [3.05, 3.63) is 35.5 Å². The molecule has 130 valence electrons. The second kappa shape index (κ2) is 6.92. The van der Waals surface area contributed by atoms with Crippen molar-refractivity contribution in [3.8, 4) is 0 Å². The lowest BCUT2D eigenvalue weighted by Crippen LogP contribution is -2.44. The molecule has 3 heteroatoms. The highest BCUT2D eigenvalue weighted by Crippen LogP contribution is 2.51. The number of hydrogen-bond acceptors (Lipinski definition) is 3. The minimum Gasteiger partial charge on any atom is -0.389 e. The van der Waals surface area contributed by atoms with Crippen LogP contribution < -0.4 is 0 Å². The molecule has 0 saturated heterocycles. The van der Waals surface area contributed by atoms with E-state index < -0.39 is 18.3 Å². The van der Waals surface area contributed by atoms with Crippen molar-refractivity contribution in [2.24, 2.45) is 17.3 Å². The third kappa shape index (κ3) is 3.96. The monoisotopic (exact) mass is 320 g/mol. The van der Waals surface area contributed by atoms with Crippen LogP contribution in [0.5, 0.6) is 0 Å². The Morgan fingerprint density at radius 2 is 1.78 bits per heavy atom. The summed E-state index contributed by atoms with van der Waals surface area (Å²) in [5.41, 5.74) is 2.85. The van der Waals surface area contributed by atoms with Crippen LogP contribution in [-0.2, 0) is 0 Å². The van der Waals surface area contributed by atoms with E-state index in [1.165, 1.54) is 5.57 Å². The van der Waals surface area contributed by atoms with E-state index in [0.717, 1.165) is 24.0 Å². The molecule has 2 bridgehead atoms. The molecule has 0 aromatic heterocycles. The predicted octanol–water partition coefficient (Wildman–Crippen LogP) is 3.36. The van der Waals surface area contributed by atoms with Crippen molar-refractivity contribution >= 4 is 0 Å². The van der Waals surface area contributed by atoms with Crippen LogP contribution >= 0.6 is 0 Å². The fraction of sp³-hybridized carbons (Fsp3) is 0.700. The average molecular weight is 320 g/mol. The second-order valence-corrected chi connectivity index (χ2v) is 8.11. The van der Waals surface area contributed by atoms with Crippen molar-refractivity contribution in [3.63, 3.8) is 0 Å². The van der Waals surface area contributed by atoms with E-state index in [9.17, 15) is 15.3 Å². The van der Waals surface area contributed by atoms with Gasteiger partial charge in [-0.3, -0.25) is 0 Å². The van der Waals surface area contributed by atoms with Gasteiger partial charge < -0.3 is 15.3 Å². The van der Waals surface area contributed by atoms with Gasteiger partial charge in [-0.1, -0.05) is 43.7 Å². The number of aliphatic hydroxyl groups excluding tert-OH is 3. The summed E-state index contributed by atoms with van der Waals surface area (Å²) in [7, 11) is 0. The summed E-state index contributed by atoms with van der Waals surface area (Å²) in [6, 6.07) is 0. The summed E-state index contributed by atoms with van der Waals surface area (Å²) in [6.45, 7) is 12.4. The molecule has 0 spiro atoms. The SMILES string of the molecule is C=C1CC[C@H]2[C@@H](O)/C=C(\C)C[C@@H](O)/C=C(\C)[C@H](O)C[C@@H]1C2(C)C. The summed E-state index contributed by atoms with van der Waals surface area (Å²) < 4.78 is 0. The Bertz CT molecular complexity index is 515. The van der Waals surface area contributed by atoms with Gasteiger partial charge in [-0.15, -0.1) is 0 Å². The molecule has 2 rings (SSSR count). The predicted molar refractivity (Wildman–Crippen MR) is 93.9 cm³/mol. The van der Waals surface area contributed by atoms with E-state index in [1.807, 2.05) is 19.9 Å².